The number of amides is 1. The molecule has 2 unspecified atom stereocenters. The lowest BCUT2D eigenvalue weighted by molar-refractivity contribution is 0.174. The van der Waals surface area contributed by atoms with Crippen LogP contribution in [0.1, 0.15) is 12.8 Å². The maximum atomic E-state index is 11.9. The Morgan fingerprint density at radius 2 is 2.32 bits per heavy atom. The molecule has 2 heterocycles. The van der Waals surface area contributed by atoms with E-state index in [0.717, 1.165) is 25.9 Å². The number of piperidine rings is 1. The van der Waals surface area contributed by atoms with Gasteiger partial charge in [-0.3, -0.25) is 4.90 Å². The lowest BCUT2D eigenvalue weighted by atomic mass is 9.91. The molecule has 0 spiro atoms. The first-order valence-corrected chi connectivity index (χ1v) is 6.71. The van der Waals surface area contributed by atoms with Gasteiger partial charge in [-0.2, -0.15) is 0 Å². The van der Waals surface area contributed by atoms with Gasteiger partial charge in [0.15, 0.2) is 0 Å². The molecule has 0 bridgehead atoms. The molecular weight excluding hydrogens is 244 g/mol. The summed E-state index contributed by atoms with van der Waals surface area (Å²) in [5.74, 6) is 0.570. The third-order valence-corrected chi connectivity index (χ3v) is 3.89. The fourth-order valence-electron chi connectivity index (χ4n) is 2.93. The Hall–Kier alpha value is -1.75. The fourth-order valence-corrected chi connectivity index (χ4v) is 2.93. The van der Waals surface area contributed by atoms with E-state index in [2.05, 4.69) is 5.32 Å². The van der Waals surface area contributed by atoms with E-state index in [1.165, 1.54) is 0 Å². The van der Waals surface area contributed by atoms with Crippen LogP contribution >= 0.6 is 0 Å². The van der Waals surface area contributed by atoms with Gasteiger partial charge in [0, 0.05) is 12.6 Å². The Balaban J connectivity index is 1.85. The van der Waals surface area contributed by atoms with Crippen molar-refractivity contribution in [2.75, 3.05) is 24.6 Å². The number of ether oxygens (including phenoxy) is 1. The van der Waals surface area contributed by atoms with E-state index < -0.39 is 0 Å². The van der Waals surface area contributed by atoms with Crippen LogP contribution in [-0.2, 0) is 4.74 Å². The second-order valence-electron chi connectivity index (χ2n) is 5.14. The fraction of sp³-hybridized carbons (Fsp3) is 0.500. The number of rotatable bonds is 2. The second kappa shape index (κ2) is 5.09. The molecule has 1 aromatic carbocycles. The van der Waals surface area contributed by atoms with Crippen LogP contribution < -0.4 is 10.2 Å². The quantitative estimate of drug-likeness (QED) is 0.852. The minimum Gasteiger partial charge on any atom is -0.508 e. The summed E-state index contributed by atoms with van der Waals surface area (Å²) in [5, 5.41) is 12.9. The SMILES string of the molecule is O=C1OCC(C2CCCNC2)N1c1cccc(O)c1. The highest BCUT2D eigenvalue weighted by Crippen LogP contribution is 2.31. The molecule has 3 rings (SSSR count). The van der Waals surface area contributed by atoms with Crippen molar-refractivity contribution in [2.45, 2.75) is 18.9 Å². The van der Waals surface area contributed by atoms with Crippen LogP contribution in [0.15, 0.2) is 24.3 Å². The zero-order valence-corrected chi connectivity index (χ0v) is 10.7. The molecule has 1 amide bonds. The Bertz CT molecular complexity index is 472. The smallest absolute Gasteiger partial charge is 0.414 e. The van der Waals surface area contributed by atoms with Crippen LogP contribution in [0, 0.1) is 5.92 Å². The first-order chi connectivity index (χ1) is 9.25. The van der Waals surface area contributed by atoms with Crippen LogP contribution in [0.25, 0.3) is 0 Å². The summed E-state index contributed by atoms with van der Waals surface area (Å²) in [6.07, 6.45) is 1.91. The van der Waals surface area contributed by atoms with E-state index in [9.17, 15) is 9.90 Å². The van der Waals surface area contributed by atoms with E-state index in [4.69, 9.17) is 4.74 Å². The highest BCUT2D eigenvalue weighted by Gasteiger charge is 2.39. The Labute approximate surface area is 112 Å². The van der Waals surface area contributed by atoms with Crippen molar-refractivity contribution in [3.05, 3.63) is 24.3 Å². The first-order valence-electron chi connectivity index (χ1n) is 6.71. The van der Waals surface area contributed by atoms with Crippen molar-refractivity contribution in [3.8, 4) is 5.75 Å². The summed E-state index contributed by atoms with van der Waals surface area (Å²) in [6, 6.07) is 6.84. The highest BCUT2D eigenvalue weighted by molar-refractivity contribution is 5.90. The topological polar surface area (TPSA) is 61.8 Å². The van der Waals surface area contributed by atoms with Crippen molar-refractivity contribution in [2.24, 2.45) is 5.92 Å². The predicted molar refractivity (Wildman–Crippen MR) is 71.3 cm³/mol. The number of benzene rings is 1. The van der Waals surface area contributed by atoms with Gasteiger partial charge >= 0.3 is 6.09 Å². The molecule has 0 aliphatic carbocycles. The number of carbonyl (C=O) groups is 1. The molecule has 5 heteroatoms. The van der Waals surface area contributed by atoms with Crippen molar-refractivity contribution in [3.63, 3.8) is 0 Å². The van der Waals surface area contributed by atoms with Gasteiger partial charge in [0.1, 0.15) is 12.4 Å². The number of phenols is 1. The number of anilines is 1. The molecule has 19 heavy (non-hydrogen) atoms. The minimum atomic E-state index is -0.318. The number of hydrogen-bond donors (Lipinski definition) is 2. The van der Waals surface area contributed by atoms with Gasteiger partial charge in [-0.25, -0.2) is 4.79 Å². The van der Waals surface area contributed by atoms with Crippen LogP contribution in [0.5, 0.6) is 5.75 Å². The van der Waals surface area contributed by atoms with E-state index in [1.54, 1.807) is 23.1 Å². The van der Waals surface area contributed by atoms with Crippen molar-refractivity contribution in [1.29, 1.82) is 0 Å². The van der Waals surface area contributed by atoms with Gasteiger partial charge in [0.05, 0.1) is 11.7 Å². The van der Waals surface area contributed by atoms with Crippen LogP contribution in [0.2, 0.25) is 0 Å². The summed E-state index contributed by atoms with van der Waals surface area (Å²) in [5.41, 5.74) is 0.707. The lowest BCUT2D eigenvalue weighted by Crippen LogP contribution is -2.45. The molecule has 1 aromatic rings. The van der Waals surface area contributed by atoms with Gasteiger partial charge in [0.2, 0.25) is 0 Å². The van der Waals surface area contributed by atoms with Crippen LogP contribution in [-0.4, -0.2) is 36.9 Å². The van der Waals surface area contributed by atoms with E-state index >= 15 is 0 Å². The van der Waals surface area contributed by atoms with Gasteiger partial charge in [0.25, 0.3) is 0 Å². The maximum absolute atomic E-state index is 11.9. The molecule has 5 nitrogen and oxygen atoms in total. The van der Waals surface area contributed by atoms with E-state index in [-0.39, 0.29) is 17.9 Å². The normalized spacial score (nSPS) is 27.4. The molecule has 2 atom stereocenters. The number of phenolic OH excluding ortho intramolecular Hbond substituents is 1. The maximum Gasteiger partial charge on any atom is 0.414 e. The number of hydrogen-bond acceptors (Lipinski definition) is 4. The van der Waals surface area contributed by atoms with Gasteiger partial charge in [-0.05, 0) is 37.4 Å². The second-order valence-corrected chi connectivity index (χ2v) is 5.14. The van der Waals surface area contributed by atoms with Crippen LogP contribution in [0.3, 0.4) is 0 Å². The average molecular weight is 262 g/mol. The Morgan fingerprint density at radius 3 is 3.05 bits per heavy atom. The average Bonchev–Trinajstić information content (AvgIpc) is 2.82. The molecule has 2 aliphatic heterocycles. The number of aromatic hydroxyl groups is 1. The molecule has 2 fully saturated rings. The minimum absolute atomic E-state index is 0.0575. The van der Waals surface area contributed by atoms with Crippen molar-refractivity contribution < 1.29 is 14.6 Å². The van der Waals surface area contributed by atoms with Crippen molar-refractivity contribution in [1.82, 2.24) is 5.32 Å². The monoisotopic (exact) mass is 262 g/mol. The molecule has 2 N–H and O–H groups in total. The summed E-state index contributed by atoms with van der Waals surface area (Å²) >= 11 is 0. The van der Waals surface area contributed by atoms with Gasteiger partial charge in [-0.1, -0.05) is 6.07 Å². The number of nitrogens with one attached hydrogen (secondary N) is 1. The predicted octanol–water partition coefficient (Wildman–Crippen LogP) is 1.72. The third kappa shape index (κ3) is 2.38. The molecule has 2 saturated heterocycles. The third-order valence-electron chi connectivity index (χ3n) is 3.89. The summed E-state index contributed by atoms with van der Waals surface area (Å²) in [6.45, 7) is 2.39. The largest absolute Gasteiger partial charge is 0.508 e. The molecular formula is C14H18N2O3. The van der Waals surface area contributed by atoms with Gasteiger partial charge < -0.3 is 15.2 Å². The number of nitrogens with zero attached hydrogens (tertiary/aromatic N) is 1. The van der Waals surface area contributed by atoms with E-state index in [1.807, 2.05) is 6.07 Å². The summed E-state index contributed by atoms with van der Waals surface area (Å²) in [4.78, 5) is 13.6. The summed E-state index contributed by atoms with van der Waals surface area (Å²) in [7, 11) is 0. The summed E-state index contributed by atoms with van der Waals surface area (Å²) < 4.78 is 5.20. The zero-order valence-electron chi connectivity index (χ0n) is 10.7. The van der Waals surface area contributed by atoms with Crippen LogP contribution in [0.4, 0.5) is 10.5 Å². The number of carbonyl (C=O) groups excluding carboxylic acids is 1. The molecule has 2 aliphatic rings. The molecule has 0 radical (unpaired) electrons. The van der Waals surface area contributed by atoms with Crippen molar-refractivity contribution >= 4 is 11.8 Å². The number of cyclic esters (lactones) is 1. The molecule has 0 aromatic heterocycles. The van der Waals surface area contributed by atoms with Gasteiger partial charge in [-0.15, -0.1) is 0 Å². The van der Waals surface area contributed by atoms with E-state index in [0.29, 0.717) is 18.2 Å². The Morgan fingerprint density at radius 1 is 1.42 bits per heavy atom. The standard InChI is InChI=1S/C14H18N2O3/c17-12-5-1-4-11(7-12)16-13(9-19-14(16)18)10-3-2-6-15-8-10/h1,4-5,7,10,13,15,17H,2-3,6,8-9H2. The molecule has 0 saturated carbocycles. The zero-order chi connectivity index (χ0) is 13.2. The highest BCUT2D eigenvalue weighted by atomic mass is 16.6. The molecule has 102 valence electrons. The lowest BCUT2D eigenvalue weighted by Gasteiger charge is -2.32. The Kier molecular flexibility index (Phi) is 3.29. The first kappa shape index (κ1) is 12.3.